The van der Waals surface area contributed by atoms with Crippen molar-refractivity contribution in [2.75, 3.05) is 0 Å². The minimum atomic E-state index is 0.0506. The van der Waals surface area contributed by atoms with Crippen LogP contribution in [0.5, 0.6) is 0 Å². The summed E-state index contributed by atoms with van der Waals surface area (Å²) in [6, 6.07) is 60.2. The van der Waals surface area contributed by atoms with E-state index < -0.39 is 0 Å². The largest absolute Gasteiger partial charge is 0.220 e. The van der Waals surface area contributed by atoms with E-state index in [9.17, 15) is 0 Å². The maximum atomic E-state index is 8.93. The first-order chi connectivity index (χ1) is 64.9. The van der Waals surface area contributed by atoms with E-state index in [1.807, 2.05) is 7.05 Å². The molecule has 0 unspecified atom stereocenters. The fourth-order valence-electron chi connectivity index (χ4n) is 26.5. The van der Waals surface area contributed by atoms with Gasteiger partial charge in [0.15, 0.2) is 23.7 Å². The van der Waals surface area contributed by atoms with Crippen LogP contribution in [0, 0.1) is 70.1 Å². The first kappa shape index (κ1) is 95.3. The average Bonchev–Trinajstić information content (AvgIpc) is 1.43. The fourth-order valence-corrected chi connectivity index (χ4v) is 26.5. The zero-order valence-corrected chi connectivity index (χ0v) is 89.0. The smallest absolute Gasteiger partial charge is 0.200 e. The summed E-state index contributed by atoms with van der Waals surface area (Å²) in [5.41, 5.74) is 37.5. The zero-order valence-electron chi connectivity index (χ0n) is 91.0. The van der Waals surface area contributed by atoms with E-state index >= 15 is 0 Å². The third-order valence-corrected chi connectivity index (χ3v) is 36.3. The summed E-state index contributed by atoms with van der Waals surface area (Å²) in [5.74, 6) is 5.63. The first-order valence-corrected chi connectivity index (χ1v) is 54.2. The lowest BCUT2D eigenvalue weighted by atomic mass is 9.71. The Morgan fingerprint density at radius 2 is 0.570 bits per heavy atom. The highest BCUT2D eigenvalue weighted by atomic mass is 15.0. The van der Waals surface area contributed by atoms with Gasteiger partial charge in [0.1, 0.15) is 30.9 Å². The maximum absolute atomic E-state index is 8.93. The van der Waals surface area contributed by atoms with Crippen molar-refractivity contribution in [2.45, 2.75) is 409 Å². The molecular formula is C131H174N4+4. The molecule has 4 aromatic heterocycles. The number of pyridine rings is 4. The van der Waals surface area contributed by atoms with Crippen molar-refractivity contribution < 1.29 is 21.0 Å². The standard InChI is InChI=1S/C35H46N.C33H46N.C32H42N.C31H40N/c1-24-32(27-11-7-8-12-27)22-30(25-9-5-6-10-25)23-33(24)34-31-14-13-28(21-29(31)17-20-36(34)4)26-15-18-35(2,3)19-16-26;1-22-28(20-26(31(2,3)4)21-29(22)32(5,6)7)30-27-12-11-24(19-25(27)15-18-34(30)10)23-13-16-33(8,9)17-14-23;1-21-17-27(24-9-7-8-10-24)20-30(23(21)3)31-29-12-11-26(19-28(29)18-22(2)33(31)6)25-13-15-32(4,5)16-14-25;1-21-10-11-26(23-8-6-7-9-23)20-29(21)30-28-13-12-25(19-27(28)18-22(2)32(30)5)24-14-16-31(3,4)17-15-24/h13-14,17,20-23,25-27H,5-12,15-16,18-19H2,1-4H3;11-12,15,18-21,23H,13-14,16-17H2,1-10H3;11-12,17-20,24-25H,7-10,13-16H2,1-6H3;10-13,18-20,23-24H,6-9,14-17H2,1-5H3/q4*+1/i20D;18D;;. The summed E-state index contributed by atoms with van der Waals surface area (Å²) < 4.78 is 26.8. The van der Waals surface area contributed by atoms with Gasteiger partial charge in [-0.15, -0.1) is 0 Å². The Bertz CT molecular complexity index is 6440. The summed E-state index contributed by atoms with van der Waals surface area (Å²) in [4.78, 5) is 0. The molecule has 12 aromatic rings. The molecule has 0 spiro atoms. The number of hydrogen-bond acceptors (Lipinski definition) is 0. The van der Waals surface area contributed by atoms with Crippen LogP contribution in [-0.2, 0) is 39.0 Å². The fraction of sp³-hybridized carbons (Fsp3) is 0.542. The van der Waals surface area contributed by atoms with Crippen molar-refractivity contribution in [3.05, 3.63) is 259 Å². The average molecular weight is 1810 g/mol. The molecule has 0 bridgehead atoms. The Hall–Kier alpha value is -8.60. The summed E-state index contributed by atoms with van der Waals surface area (Å²) in [6.45, 7) is 49.2. The van der Waals surface area contributed by atoms with E-state index in [-0.39, 0.29) is 10.8 Å². The number of hydrogen-bond donors (Lipinski definition) is 0. The van der Waals surface area contributed by atoms with Gasteiger partial charge in [-0.1, -0.05) is 227 Å². The lowest BCUT2D eigenvalue weighted by Crippen LogP contribution is -2.35. The molecule has 8 aliphatic carbocycles. The predicted molar refractivity (Wildman–Crippen MR) is 578 cm³/mol. The van der Waals surface area contributed by atoms with Gasteiger partial charge in [-0.2, -0.15) is 9.13 Å². The third-order valence-electron chi connectivity index (χ3n) is 36.3. The van der Waals surface area contributed by atoms with Gasteiger partial charge in [-0.3, -0.25) is 0 Å². The Balaban J connectivity index is 0.000000127. The molecule has 714 valence electrons. The molecule has 0 amide bonds. The Labute approximate surface area is 821 Å². The van der Waals surface area contributed by atoms with Gasteiger partial charge in [0.05, 0.1) is 38.2 Å². The number of fused-ring (bicyclic) bond motifs is 4. The molecule has 8 saturated carbocycles. The van der Waals surface area contributed by atoms with Crippen LogP contribution < -0.4 is 18.3 Å². The monoisotopic (exact) mass is 1810 g/mol. The van der Waals surface area contributed by atoms with E-state index in [0.717, 1.165) is 29.4 Å². The van der Waals surface area contributed by atoms with E-state index in [1.165, 1.54) is 349 Å². The van der Waals surface area contributed by atoms with Gasteiger partial charge < -0.3 is 0 Å². The Morgan fingerprint density at radius 3 is 0.948 bits per heavy atom. The minimum absolute atomic E-state index is 0.0506. The normalized spacial score (nSPS) is 19.7. The van der Waals surface area contributed by atoms with Crippen molar-refractivity contribution in [3.63, 3.8) is 0 Å². The number of aromatic nitrogens is 4. The highest BCUT2D eigenvalue weighted by Gasteiger charge is 2.38. The van der Waals surface area contributed by atoms with Crippen LogP contribution >= 0.6 is 0 Å². The van der Waals surface area contributed by atoms with Crippen LogP contribution in [-0.4, -0.2) is 0 Å². The molecule has 8 aliphatic rings. The molecular weight excluding hydrogens is 1630 g/mol. The first-order valence-electron chi connectivity index (χ1n) is 55.2. The SMILES string of the molecule is Cc1cc(C2CCCC2)cc(-c2c3ccc(C4CCC(C)(C)CC4)cc3cc(C)[n+]2C)c1C.Cc1ccc(C2CCCC2)cc1-c1c2ccc(C3CCC(C)(C)CC3)cc2cc(C)[n+]1C.[2H]c1cc2cc(C3CCC(C)(C)CC3)ccc2c(-c2cc(C(C)(C)C)cc(C(C)(C)C)c2C)[n+]1C.[2H]c1cc2cc(C3CCC(C)(C)CC3)ccc2c(-c2cc(C3CCCC3)cc(C3CCCC3)c2C)[n+]1C. The number of nitrogens with zero attached hydrogens (tertiary/aromatic N) is 4. The van der Waals surface area contributed by atoms with Crippen LogP contribution in [0.15, 0.2) is 164 Å². The second-order valence-electron chi connectivity index (χ2n) is 50.4. The molecule has 8 aromatic carbocycles. The number of rotatable bonds is 12. The predicted octanol–water partition coefficient (Wildman–Crippen LogP) is 35.4. The second-order valence-corrected chi connectivity index (χ2v) is 50.4. The molecule has 135 heavy (non-hydrogen) atoms. The number of benzene rings is 8. The van der Waals surface area contributed by atoms with E-state index in [4.69, 9.17) is 2.74 Å². The van der Waals surface area contributed by atoms with Crippen LogP contribution in [0.3, 0.4) is 0 Å². The lowest BCUT2D eigenvalue weighted by Gasteiger charge is -2.34. The minimum Gasteiger partial charge on any atom is -0.200 e. The zero-order chi connectivity index (χ0) is 97.4. The number of aryl methyl sites for hydroxylation is 4. The maximum Gasteiger partial charge on any atom is 0.220 e. The van der Waals surface area contributed by atoms with Crippen molar-refractivity contribution in [3.8, 4) is 45.0 Å². The van der Waals surface area contributed by atoms with Gasteiger partial charge in [0.2, 0.25) is 22.8 Å². The van der Waals surface area contributed by atoms with Crippen molar-refractivity contribution in [1.29, 1.82) is 0 Å². The summed E-state index contributed by atoms with van der Waals surface area (Å²) in [7, 11) is 8.64. The molecule has 0 aliphatic heterocycles. The molecule has 8 fully saturated rings. The second kappa shape index (κ2) is 39.6. The molecule has 0 radical (unpaired) electrons. The molecule has 20 rings (SSSR count). The third kappa shape index (κ3) is 21.4. The highest BCUT2D eigenvalue weighted by Crippen LogP contribution is 2.52. The molecule has 0 N–H and O–H groups in total. The van der Waals surface area contributed by atoms with E-state index in [2.05, 4.69) is 336 Å². The van der Waals surface area contributed by atoms with Crippen molar-refractivity contribution in [2.24, 2.45) is 49.9 Å². The summed E-state index contributed by atoms with van der Waals surface area (Å²) in [6.07, 6.45) is 43.9. The van der Waals surface area contributed by atoms with Crippen LogP contribution in [0.1, 0.15) is 447 Å². The van der Waals surface area contributed by atoms with Gasteiger partial charge in [-0.05, 0) is 422 Å². The Morgan fingerprint density at radius 1 is 0.267 bits per heavy atom. The molecule has 0 saturated heterocycles. The van der Waals surface area contributed by atoms with E-state index in [0.29, 0.717) is 57.7 Å². The van der Waals surface area contributed by atoms with Gasteiger partial charge in [-0.25, -0.2) is 9.13 Å². The van der Waals surface area contributed by atoms with Crippen LogP contribution in [0.2, 0.25) is 0 Å². The summed E-state index contributed by atoms with van der Waals surface area (Å²) >= 11 is 0. The Kier molecular flexibility index (Phi) is 28.0. The molecule has 4 heteroatoms. The quantitative estimate of drug-likeness (QED) is 0.108. The van der Waals surface area contributed by atoms with Gasteiger partial charge >= 0.3 is 0 Å². The molecule has 4 nitrogen and oxygen atoms in total. The van der Waals surface area contributed by atoms with Gasteiger partial charge in [0, 0.05) is 43.7 Å². The topological polar surface area (TPSA) is 15.5 Å². The highest BCUT2D eigenvalue weighted by molar-refractivity contribution is 5.98. The van der Waals surface area contributed by atoms with Crippen LogP contribution in [0.4, 0.5) is 0 Å². The van der Waals surface area contributed by atoms with E-state index in [1.54, 1.807) is 33.4 Å². The summed E-state index contributed by atoms with van der Waals surface area (Å²) in [5, 5.41) is 10.6. The van der Waals surface area contributed by atoms with Gasteiger partial charge in [0.25, 0.3) is 0 Å². The lowest BCUT2D eigenvalue weighted by molar-refractivity contribution is -0.665. The molecule has 4 heterocycles. The van der Waals surface area contributed by atoms with Crippen molar-refractivity contribution >= 4 is 43.1 Å². The van der Waals surface area contributed by atoms with Crippen LogP contribution in [0.25, 0.3) is 88.1 Å². The molecule has 0 atom stereocenters. The van der Waals surface area contributed by atoms with Crippen molar-refractivity contribution in [1.82, 2.24) is 0 Å².